The number of nitrogens with one attached hydrogen (secondary N) is 1. The van der Waals surface area contributed by atoms with Crippen molar-refractivity contribution in [3.8, 4) is 6.07 Å². The summed E-state index contributed by atoms with van der Waals surface area (Å²) in [6.45, 7) is 2.92. The van der Waals surface area contributed by atoms with Gasteiger partial charge in [-0.15, -0.1) is 0 Å². The molecular weight excluding hydrogens is 166 g/mol. The van der Waals surface area contributed by atoms with E-state index in [-0.39, 0.29) is 0 Å². The zero-order valence-electron chi connectivity index (χ0n) is 7.41. The number of hydrogen-bond acceptors (Lipinski definition) is 5. The van der Waals surface area contributed by atoms with Crippen LogP contribution < -0.4 is 11.1 Å². The lowest BCUT2D eigenvalue weighted by atomic mass is 10.4. The molecular formula is C8H11N5. The van der Waals surface area contributed by atoms with Gasteiger partial charge in [0.05, 0.1) is 0 Å². The van der Waals surface area contributed by atoms with Gasteiger partial charge in [-0.05, 0) is 6.92 Å². The fourth-order valence-electron chi connectivity index (χ4n) is 0.916. The monoisotopic (exact) mass is 177 g/mol. The minimum Gasteiger partial charge on any atom is -0.369 e. The average molecular weight is 177 g/mol. The first-order chi connectivity index (χ1) is 6.26. The molecule has 0 radical (unpaired) electrons. The van der Waals surface area contributed by atoms with Crippen LogP contribution >= 0.6 is 0 Å². The summed E-state index contributed by atoms with van der Waals surface area (Å²) in [5.41, 5.74) is 5.68. The number of aryl methyl sites for hydroxylation is 1. The third-order valence-electron chi connectivity index (χ3n) is 1.40. The van der Waals surface area contributed by atoms with Gasteiger partial charge in [-0.1, -0.05) is 0 Å². The van der Waals surface area contributed by atoms with Crippen molar-refractivity contribution >= 4 is 5.82 Å². The smallest absolute Gasteiger partial charge is 0.146 e. The Morgan fingerprint density at radius 2 is 2.38 bits per heavy atom. The average Bonchev–Trinajstić information content (AvgIpc) is 2.14. The predicted molar refractivity (Wildman–Crippen MR) is 49.0 cm³/mol. The molecule has 68 valence electrons. The van der Waals surface area contributed by atoms with E-state index in [4.69, 9.17) is 11.0 Å². The highest BCUT2D eigenvalue weighted by molar-refractivity contribution is 5.39. The molecule has 0 atom stereocenters. The van der Waals surface area contributed by atoms with E-state index < -0.39 is 0 Å². The van der Waals surface area contributed by atoms with Crippen molar-refractivity contribution in [1.82, 2.24) is 9.97 Å². The predicted octanol–water partition coefficient (Wildman–Crippen LogP) is 0.0273. The number of rotatable bonds is 3. The summed E-state index contributed by atoms with van der Waals surface area (Å²) in [5.74, 6) is 1.23. The molecule has 1 aromatic heterocycles. The summed E-state index contributed by atoms with van der Waals surface area (Å²) in [5, 5.41) is 11.6. The van der Waals surface area contributed by atoms with Crippen LogP contribution in [0.2, 0.25) is 0 Å². The van der Waals surface area contributed by atoms with E-state index in [1.54, 1.807) is 13.0 Å². The van der Waals surface area contributed by atoms with Crippen molar-refractivity contribution in [1.29, 1.82) is 5.26 Å². The standard InChI is InChI=1S/C8H11N5/c1-6-12-7(5-10)4-8(13-6)11-3-2-9/h4H,2-3,9H2,1H3,(H,11,12,13). The van der Waals surface area contributed by atoms with Crippen LogP contribution in [0, 0.1) is 18.3 Å². The van der Waals surface area contributed by atoms with Gasteiger partial charge in [0, 0.05) is 19.2 Å². The highest BCUT2D eigenvalue weighted by atomic mass is 15.0. The number of hydrogen-bond donors (Lipinski definition) is 2. The number of anilines is 1. The Morgan fingerprint density at radius 3 is 3.00 bits per heavy atom. The van der Waals surface area contributed by atoms with Crippen LogP contribution in [0.1, 0.15) is 11.5 Å². The summed E-state index contributed by atoms with van der Waals surface area (Å²) in [7, 11) is 0. The lowest BCUT2D eigenvalue weighted by Gasteiger charge is -2.03. The quantitative estimate of drug-likeness (QED) is 0.680. The zero-order valence-corrected chi connectivity index (χ0v) is 7.41. The lowest BCUT2D eigenvalue weighted by Crippen LogP contribution is -2.14. The highest BCUT2D eigenvalue weighted by Crippen LogP contribution is 2.04. The molecule has 0 saturated carbocycles. The van der Waals surface area contributed by atoms with Gasteiger partial charge >= 0.3 is 0 Å². The van der Waals surface area contributed by atoms with Crippen LogP contribution in [0.3, 0.4) is 0 Å². The van der Waals surface area contributed by atoms with Gasteiger partial charge in [-0.25, -0.2) is 9.97 Å². The second-order valence-corrected chi connectivity index (χ2v) is 2.51. The molecule has 5 heteroatoms. The van der Waals surface area contributed by atoms with E-state index in [1.165, 1.54) is 0 Å². The highest BCUT2D eigenvalue weighted by Gasteiger charge is 1.99. The van der Waals surface area contributed by atoms with Crippen molar-refractivity contribution in [3.63, 3.8) is 0 Å². The Labute approximate surface area is 76.6 Å². The molecule has 0 amide bonds. The van der Waals surface area contributed by atoms with Crippen LogP contribution in [0.5, 0.6) is 0 Å². The maximum atomic E-state index is 8.62. The Kier molecular flexibility index (Phi) is 3.17. The first-order valence-electron chi connectivity index (χ1n) is 3.96. The second-order valence-electron chi connectivity index (χ2n) is 2.51. The molecule has 0 unspecified atom stereocenters. The van der Waals surface area contributed by atoms with Crippen molar-refractivity contribution in [2.24, 2.45) is 5.73 Å². The Balaban J connectivity index is 2.83. The number of nitrogens with two attached hydrogens (primary N) is 1. The molecule has 0 aliphatic carbocycles. The first-order valence-corrected chi connectivity index (χ1v) is 3.96. The molecule has 0 saturated heterocycles. The number of aromatic nitrogens is 2. The maximum absolute atomic E-state index is 8.62. The zero-order chi connectivity index (χ0) is 9.68. The van der Waals surface area contributed by atoms with E-state index in [9.17, 15) is 0 Å². The molecule has 0 bridgehead atoms. The Hall–Kier alpha value is -1.67. The van der Waals surface area contributed by atoms with Gasteiger partial charge in [0.15, 0.2) is 0 Å². The first kappa shape index (κ1) is 9.42. The normalized spacial score (nSPS) is 9.31. The molecule has 1 rings (SSSR count). The van der Waals surface area contributed by atoms with Gasteiger partial charge in [-0.3, -0.25) is 0 Å². The van der Waals surface area contributed by atoms with Crippen molar-refractivity contribution in [3.05, 3.63) is 17.6 Å². The van der Waals surface area contributed by atoms with Crippen molar-refractivity contribution < 1.29 is 0 Å². The summed E-state index contributed by atoms with van der Waals surface area (Å²) in [4.78, 5) is 8.01. The van der Waals surface area contributed by atoms with Gasteiger partial charge in [-0.2, -0.15) is 5.26 Å². The molecule has 0 spiro atoms. The fourth-order valence-corrected chi connectivity index (χ4v) is 0.916. The second kappa shape index (κ2) is 4.38. The molecule has 13 heavy (non-hydrogen) atoms. The van der Waals surface area contributed by atoms with Crippen molar-refractivity contribution in [2.75, 3.05) is 18.4 Å². The summed E-state index contributed by atoms with van der Waals surface area (Å²) >= 11 is 0. The van der Waals surface area contributed by atoms with E-state index in [2.05, 4.69) is 15.3 Å². The van der Waals surface area contributed by atoms with Crippen LogP contribution in [-0.2, 0) is 0 Å². The number of nitriles is 1. The minimum absolute atomic E-state index is 0.368. The van der Waals surface area contributed by atoms with E-state index in [0.717, 1.165) is 0 Å². The van der Waals surface area contributed by atoms with Gasteiger partial charge in [0.2, 0.25) is 0 Å². The molecule has 0 aromatic carbocycles. The summed E-state index contributed by atoms with van der Waals surface area (Å²) in [6, 6.07) is 3.56. The minimum atomic E-state index is 0.368. The van der Waals surface area contributed by atoms with Gasteiger partial charge in [0.25, 0.3) is 0 Å². The SMILES string of the molecule is Cc1nc(C#N)cc(NCCN)n1. The molecule has 0 aliphatic rings. The lowest BCUT2D eigenvalue weighted by molar-refractivity contribution is 0.980. The van der Waals surface area contributed by atoms with E-state index in [0.29, 0.717) is 30.4 Å². The maximum Gasteiger partial charge on any atom is 0.146 e. The molecule has 1 aromatic rings. The largest absolute Gasteiger partial charge is 0.369 e. The molecule has 3 N–H and O–H groups in total. The third-order valence-corrected chi connectivity index (χ3v) is 1.40. The molecule has 1 heterocycles. The summed E-state index contributed by atoms with van der Waals surface area (Å²) < 4.78 is 0. The van der Waals surface area contributed by atoms with Crippen LogP contribution in [0.4, 0.5) is 5.82 Å². The van der Waals surface area contributed by atoms with E-state index in [1.807, 2.05) is 6.07 Å². The Morgan fingerprint density at radius 1 is 1.62 bits per heavy atom. The van der Waals surface area contributed by atoms with Gasteiger partial charge in [0.1, 0.15) is 23.4 Å². The van der Waals surface area contributed by atoms with Crippen LogP contribution in [0.25, 0.3) is 0 Å². The number of nitrogens with zero attached hydrogens (tertiary/aromatic N) is 3. The summed E-state index contributed by atoms with van der Waals surface area (Å²) in [6.07, 6.45) is 0. The molecule has 0 aliphatic heterocycles. The van der Waals surface area contributed by atoms with Gasteiger partial charge < -0.3 is 11.1 Å². The van der Waals surface area contributed by atoms with Crippen LogP contribution in [-0.4, -0.2) is 23.1 Å². The topological polar surface area (TPSA) is 87.6 Å². The van der Waals surface area contributed by atoms with E-state index >= 15 is 0 Å². The van der Waals surface area contributed by atoms with Crippen molar-refractivity contribution in [2.45, 2.75) is 6.92 Å². The Bertz CT molecular complexity index is 328. The molecule has 5 nitrogen and oxygen atoms in total. The van der Waals surface area contributed by atoms with Crippen LogP contribution in [0.15, 0.2) is 6.07 Å². The third kappa shape index (κ3) is 2.69. The fraction of sp³-hybridized carbons (Fsp3) is 0.375. The molecule has 0 fully saturated rings.